The van der Waals surface area contributed by atoms with Crippen molar-refractivity contribution in [1.29, 1.82) is 0 Å². The first-order valence-electron chi connectivity index (χ1n) is 7.51. The number of hydrogen-bond acceptors (Lipinski definition) is 3. The van der Waals surface area contributed by atoms with Gasteiger partial charge in [-0.15, -0.1) is 0 Å². The van der Waals surface area contributed by atoms with Crippen LogP contribution in [0.3, 0.4) is 0 Å². The molecule has 2 unspecified atom stereocenters. The van der Waals surface area contributed by atoms with E-state index in [1.165, 1.54) is 39.2 Å². The third-order valence-electron chi connectivity index (χ3n) is 4.17. The molecule has 20 heavy (non-hydrogen) atoms. The molecule has 1 aliphatic rings. The molecule has 1 fully saturated rings. The summed E-state index contributed by atoms with van der Waals surface area (Å²) in [7, 11) is 1.40. The Balaban J connectivity index is 1.83. The lowest BCUT2D eigenvalue weighted by molar-refractivity contribution is 0.00175. The fraction of sp³-hybridized carbons (Fsp3) is 0.588. The molecule has 0 heterocycles. The van der Waals surface area contributed by atoms with Gasteiger partial charge in [0.25, 0.3) is 0 Å². The summed E-state index contributed by atoms with van der Waals surface area (Å²) in [5.41, 5.74) is 1.69. The molecule has 0 bridgehead atoms. The van der Waals surface area contributed by atoms with Crippen LogP contribution in [-0.2, 0) is 16.1 Å². The van der Waals surface area contributed by atoms with Crippen LogP contribution in [0.15, 0.2) is 24.3 Å². The van der Waals surface area contributed by atoms with Crippen LogP contribution >= 0.6 is 0 Å². The van der Waals surface area contributed by atoms with Gasteiger partial charge in [0.1, 0.15) is 0 Å². The Kier molecular flexibility index (Phi) is 5.60. The van der Waals surface area contributed by atoms with Crippen molar-refractivity contribution in [1.82, 2.24) is 0 Å². The highest BCUT2D eigenvalue weighted by Crippen LogP contribution is 2.28. The number of carbonyl (C=O) groups excluding carboxylic acids is 1. The highest BCUT2D eigenvalue weighted by molar-refractivity contribution is 5.89. The Labute approximate surface area is 121 Å². The minimum atomic E-state index is -0.296. The van der Waals surface area contributed by atoms with E-state index in [1.807, 2.05) is 12.1 Å². The zero-order valence-corrected chi connectivity index (χ0v) is 12.4. The van der Waals surface area contributed by atoms with Crippen LogP contribution in [0.2, 0.25) is 0 Å². The van der Waals surface area contributed by atoms with Crippen LogP contribution < -0.4 is 0 Å². The van der Waals surface area contributed by atoms with Crippen molar-refractivity contribution in [2.45, 2.75) is 51.7 Å². The van der Waals surface area contributed by atoms with E-state index >= 15 is 0 Å². The van der Waals surface area contributed by atoms with Crippen molar-refractivity contribution in [2.75, 3.05) is 7.11 Å². The van der Waals surface area contributed by atoms with Crippen molar-refractivity contribution in [3.63, 3.8) is 0 Å². The molecule has 110 valence electrons. The molecule has 0 N–H and O–H groups in total. The molecular weight excluding hydrogens is 252 g/mol. The molecule has 0 spiro atoms. The Morgan fingerprint density at radius 1 is 1.25 bits per heavy atom. The lowest BCUT2D eigenvalue weighted by atomic mass is 9.85. The third-order valence-corrected chi connectivity index (χ3v) is 4.17. The molecule has 2 atom stereocenters. The highest BCUT2D eigenvalue weighted by Gasteiger charge is 2.21. The second kappa shape index (κ2) is 7.44. The maximum absolute atomic E-state index is 11.3. The van der Waals surface area contributed by atoms with Gasteiger partial charge < -0.3 is 9.47 Å². The quantitative estimate of drug-likeness (QED) is 0.764. The monoisotopic (exact) mass is 276 g/mol. The van der Waals surface area contributed by atoms with Crippen molar-refractivity contribution in [2.24, 2.45) is 5.92 Å². The number of ether oxygens (including phenoxy) is 2. The molecule has 2 rings (SSSR count). The van der Waals surface area contributed by atoms with Gasteiger partial charge in [-0.1, -0.05) is 38.3 Å². The molecule has 0 aromatic heterocycles. The number of esters is 1. The minimum Gasteiger partial charge on any atom is -0.465 e. The van der Waals surface area contributed by atoms with Gasteiger partial charge in [-0.25, -0.2) is 4.79 Å². The number of methoxy groups -OCH3 is 1. The molecule has 0 saturated heterocycles. The first kappa shape index (κ1) is 15.0. The molecule has 0 radical (unpaired) electrons. The van der Waals surface area contributed by atoms with E-state index in [0.717, 1.165) is 11.5 Å². The average molecular weight is 276 g/mol. The summed E-state index contributed by atoms with van der Waals surface area (Å²) in [4.78, 5) is 11.3. The van der Waals surface area contributed by atoms with E-state index in [4.69, 9.17) is 4.74 Å². The molecular formula is C17H24O3. The SMILES string of the molecule is CCC1CCCC(OCc2ccc(C(=O)OC)cc2)C1. The van der Waals surface area contributed by atoms with Crippen LogP contribution in [0.25, 0.3) is 0 Å². The maximum atomic E-state index is 11.3. The largest absolute Gasteiger partial charge is 0.465 e. The topological polar surface area (TPSA) is 35.5 Å². The van der Waals surface area contributed by atoms with Crippen molar-refractivity contribution < 1.29 is 14.3 Å². The minimum absolute atomic E-state index is 0.296. The van der Waals surface area contributed by atoms with E-state index < -0.39 is 0 Å². The van der Waals surface area contributed by atoms with Gasteiger partial charge in [0.05, 0.1) is 25.4 Å². The average Bonchev–Trinajstić information content (AvgIpc) is 2.53. The Morgan fingerprint density at radius 3 is 2.65 bits per heavy atom. The van der Waals surface area contributed by atoms with Crippen molar-refractivity contribution in [3.8, 4) is 0 Å². The van der Waals surface area contributed by atoms with Crippen LogP contribution in [0.5, 0.6) is 0 Å². The summed E-state index contributed by atoms with van der Waals surface area (Å²) >= 11 is 0. The third kappa shape index (κ3) is 4.07. The van der Waals surface area contributed by atoms with E-state index in [0.29, 0.717) is 18.3 Å². The molecule has 1 aliphatic carbocycles. The Morgan fingerprint density at radius 2 is 2.00 bits per heavy atom. The maximum Gasteiger partial charge on any atom is 0.337 e. The number of carbonyl (C=O) groups is 1. The highest BCUT2D eigenvalue weighted by atomic mass is 16.5. The standard InChI is InChI=1S/C17H24O3/c1-3-13-5-4-6-16(11-13)20-12-14-7-9-15(10-8-14)17(18)19-2/h7-10,13,16H,3-6,11-12H2,1-2H3. The Hall–Kier alpha value is -1.35. The van der Waals surface area contributed by atoms with E-state index in [2.05, 4.69) is 11.7 Å². The summed E-state index contributed by atoms with van der Waals surface area (Å²) < 4.78 is 10.7. The number of benzene rings is 1. The van der Waals surface area contributed by atoms with Crippen LogP contribution in [-0.4, -0.2) is 19.2 Å². The van der Waals surface area contributed by atoms with Gasteiger partial charge in [0.2, 0.25) is 0 Å². The van der Waals surface area contributed by atoms with Gasteiger partial charge >= 0.3 is 5.97 Å². The normalized spacial score (nSPS) is 22.5. The molecule has 1 aromatic carbocycles. The van der Waals surface area contributed by atoms with Crippen LogP contribution in [0.1, 0.15) is 54.9 Å². The lowest BCUT2D eigenvalue weighted by Gasteiger charge is -2.28. The second-order valence-electron chi connectivity index (χ2n) is 5.56. The van der Waals surface area contributed by atoms with Gasteiger partial charge in [-0.3, -0.25) is 0 Å². The first-order chi connectivity index (χ1) is 9.72. The summed E-state index contributed by atoms with van der Waals surface area (Å²) in [5, 5.41) is 0. The molecule has 0 amide bonds. The number of rotatable bonds is 5. The first-order valence-corrected chi connectivity index (χ1v) is 7.51. The molecule has 1 aromatic rings. The number of hydrogen-bond donors (Lipinski definition) is 0. The van der Waals surface area contributed by atoms with Crippen molar-refractivity contribution >= 4 is 5.97 Å². The summed E-state index contributed by atoms with van der Waals surface area (Å²) in [6.45, 7) is 2.89. The lowest BCUT2D eigenvalue weighted by Crippen LogP contribution is -2.22. The van der Waals surface area contributed by atoms with Gasteiger partial charge in [0.15, 0.2) is 0 Å². The summed E-state index contributed by atoms with van der Waals surface area (Å²) in [6.07, 6.45) is 6.66. The summed E-state index contributed by atoms with van der Waals surface area (Å²) in [6, 6.07) is 7.46. The predicted molar refractivity (Wildman–Crippen MR) is 78.6 cm³/mol. The van der Waals surface area contributed by atoms with Gasteiger partial charge in [0, 0.05) is 0 Å². The van der Waals surface area contributed by atoms with Crippen molar-refractivity contribution in [3.05, 3.63) is 35.4 Å². The fourth-order valence-electron chi connectivity index (χ4n) is 2.83. The molecule has 0 aliphatic heterocycles. The van der Waals surface area contributed by atoms with E-state index in [-0.39, 0.29) is 5.97 Å². The molecule has 3 nitrogen and oxygen atoms in total. The zero-order chi connectivity index (χ0) is 14.4. The van der Waals surface area contributed by atoms with Gasteiger partial charge in [-0.05, 0) is 36.5 Å². The predicted octanol–water partition coefficient (Wildman–Crippen LogP) is 3.96. The molecule has 1 saturated carbocycles. The smallest absolute Gasteiger partial charge is 0.337 e. The zero-order valence-electron chi connectivity index (χ0n) is 12.4. The van der Waals surface area contributed by atoms with Crippen LogP contribution in [0.4, 0.5) is 0 Å². The summed E-state index contributed by atoms with van der Waals surface area (Å²) in [5.74, 6) is 0.533. The van der Waals surface area contributed by atoms with Gasteiger partial charge in [-0.2, -0.15) is 0 Å². The molecule has 3 heteroatoms. The van der Waals surface area contributed by atoms with E-state index in [1.54, 1.807) is 12.1 Å². The van der Waals surface area contributed by atoms with E-state index in [9.17, 15) is 4.79 Å². The fourth-order valence-corrected chi connectivity index (χ4v) is 2.83. The Bertz CT molecular complexity index is 424. The second-order valence-corrected chi connectivity index (χ2v) is 5.56. The van der Waals surface area contributed by atoms with Crippen LogP contribution in [0, 0.1) is 5.92 Å².